The molecule has 25 heavy (non-hydrogen) atoms. The highest BCUT2D eigenvalue weighted by atomic mass is 32.2. The molecule has 9 heteroatoms. The van der Waals surface area contributed by atoms with Gasteiger partial charge in [0.15, 0.2) is 5.82 Å². The molecule has 0 fully saturated rings. The minimum atomic E-state index is -4.69. The first-order chi connectivity index (χ1) is 11.9. The lowest BCUT2D eigenvalue weighted by molar-refractivity contribution is -0.274. The molecule has 2 N–H and O–H groups in total. The summed E-state index contributed by atoms with van der Waals surface area (Å²) in [7, 11) is 0. The first kappa shape index (κ1) is 17.2. The third-order valence-electron chi connectivity index (χ3n) is 3.22. The van der Waals surface area contributed by atoms with Gasteiger partial charge in [-0.3, -0.25) is 0 Å². The van der Waals surface area contributed by atoms with Crippen molar-refractivity contribution in [3.8, 4) is 17.1 Å². The number of nitrogen functional groups attached to an aromatic ring is 1. The van der Waals surface area contributed by atoms with Gasteiger partial charge >= 0.3 is 6.36 Å². The third kappa shape index (κ3) is 4.44. The zero-order chi connectivity index (χ0) is 17.9. The number of ether oxygens (including phenoxy) is 1. The number of nitrogens with zero attached hydrogens (tertiary/aromatic N) is 3. The zero-order valence-electron chi connectivity index (χ0n) is 12.8. The Morgan fingerprint density at radius 1 is 1.00 bits per heavy atom. The molecule has 1 aromatic heterocycles. The summed E-state index contributed by atoms with van der Waals surface area (Å²) in [6.07, 6.45) is -4.69. The minimum absolute atomic E-state index is 0.255. The first-order valence-corrected chi connectivity index (χ1v) is 8.14. The predicted molar refractivity (Wildman–Crippen MR) is 88.3 cm³/mol. The fraction of sp³-hybridized carbons (Fsp3) is 0.125. The van der Waals surface area contributed by atoms with Gasteiger partial charge in [0.2, 0.25) is 5.16 Å². The molecule has 0 aliphatic carbocycles. The lowest BCUT2D eigenvalue weighted by Gasteiger charge is -2.09. The fourth-order valence-electron chi connectivity index (χ4n) is 2.09. The van der Waals surface area contributed by atoms with Crippen LogP contribution in [0.3, 0.4) is 0 Å². The van der Waals surface area contributed by atoms with Gasteiger partial charge in [-0.05, 0) is 17.7 Å². The minimum Gasteiger partial charge on any atom is -0.406 e. The molecule has 0 saturated carbocycles. The number of aromatic nitrogens is 3. The number of benzene rings is 2. The molecule has 0 amide bonds. The molecule has 3 rings (SSSR count). The molecule has 0 unspecified atom stereocenters. The molecular formula is C16H13F3N4OS. The van der Waals surface area contributed by atoms with E-state index in [9.17, 15) is 13.2 Å². The Balaban J connectivity index is 1.65. The van der Waals surface area contributed by atoms with E-state index in [4.69, 9.17) is 5.84 Å². The van der Waals surface area contributed by atoms with E-state index in [1.165, 1.54) is 28.6 Å². The van der Waals surface area contributed by atoms with Gasteiger partial charge in [0.1, 0.15) is 5.75 Å². The predicted octanol–water partition coefficient (Wildman–Crippen LogP) is 3.85. The summed E-state index contributed by atoms with van der Waals surface area (Å²) in [4.78, 5) is 0. The highest BCUT2D eigenvalue weighted by Crippen LogP contribution is 2.26. The van der Waals surface area contributed by atoms with Gasteiger partial charge in [-0.15, -0.1) is 23.4 Å². The number of hydrogen-bond acceptors (Lipinski definition) is 5. The van der Waals surface area contributed by atoms with Crippen LogP contribution in [0.4, 0.5) is 13.2 Å². The second kappa shape index (κ2) is 7.06. The van der Waals surface area contributed by atoms with E-state index < -0.39 is 6.36 Å². The summed E-state index contributed by atoms with van der Waals surface area (Å²) in [5.41, 5.74) is 1.65. The van der Waals surface area contributed by atoms with Gasteiger partial charge in [-0.2, -0.15) is 0 Å². The molecule has 0 spiro atoms. The molecule has 130 valence electrons. The highest BCUT2D eigenvalue weighted by Gasteiger charge is 2.30. The quantitative estimate of drug-likeness (QED) is 0.549. The van der Waals surface area contributed by atoms with Crippen LogP contribution in [0.1, 0.15) is 5.56 Å². The zero-order valence-corrected chi connectivity index (χ0v) is 13.6. The Morgan fingerprint density at radius 3 is 2.32 bits per heavy atom. The van der Waals surface area contributed by atoms with Crippen molar-refractivity contribution in [3.63, 3.8) is 0 Å². The van der Waals surface area contributed by atoms with Crippen molar-refractivity contribution in [1.82, 2.24) is 14.9 Å². The van der Waals surface area contributed by atoms with E-state index in [2.05, 4.69) is 14.9 Å². The number of hydrogen-bond donors (Lipinski definition) is 1. The summed E-state index contributed by atoms with van der Waals surface area (Å²) in [6, 6.07) is 15.1. The van der Waals surface area contributed by atoms with Crippen LogP contribution < -0.4 is 10.6 Å². The topological polar surface area (TPSA) is 66.0 Å². The van der Waals surface area contributed by atoms with Crippen LogP contribution in [-0.4, -0.2) is 21.2 Å². The Bertz CT molecular complexity index is 835. The van der Waals surface area contributed by atoms with E-state index in [1.54, 1.807) is 12.1 Å². The van der Waals surface area contributed by atoms with Gasteiger partial charge < -0.3 is 10.6 Å². The monoisotopic (exact) mass is 366 g/mol. The number of rotatable bonds is 5. The Labute approximate surface area is 145 Å². The average molecular weight is 366 g/mol. The molecule has 1 heterocycles. The van der Waals surface area contributed by atoms with E-state index in [-0.39, 0.29) is 5.75 Å². The Morgan fingerprint density at radius 2 is 1.68 bits per heavy atom. The van der Waals surface area contributed by atoms with Gasteiger partial charge in [0.25, 0.3) is 0 Å². The van der Waals surface area contributed by atoms with Gasteiger partial charge in [-0.1, -0.05) is 54.2 Å². The largest absolute Gasteiger partial charge is 0.573 e. The summed E-state index contributed by atoms with van der Waals surface area (Å²) in [5, 5.41) is 8.63. The lowest BCUT2D eigenvalue weighted by atomic mass is 10.2. The number of alkyl halides is 3. The molecule has 2 aromatic carbocycles. The number of halogens is 3. The van der Waals surface area contributed by atoms with Crippen LogP contribution in [0.5, 0.6) is 5.75 Å². The standard InChI is InChI=1S/C16H13F3N4OS/c17-16(18,19)24-13-8-6-11(7-9-13)10-25-15-22-21-14(23(15)20)12-4-2-1-3-5-12/h1-9H,10,20H2. The maximum absolute atomic E-state index is 12.1. The molecule has 0 radical (unpaired) electrons. The van der Waals surface area contributed by atoms with Crippen LogP contribution in [0.15, 0.2) is 59.8 Å². The first-order valence-electron chi connectivity index (χ1n) is 7.16. The smallest absolute Gasteiger partial charge is 0.406 e. The molecule has 0 aliphatic heterocycles. The lowest BCUT2D eigenvalue weighted by Crippen LogP contribution is -2.17. The molecule has 0 bridgehead atoms. The van der Waals surface area contributed by atoms with Gasteiger partial charge in [0.05, 0.1) is 0 Å². The summed E-state index contributed by atoms with van der Waals surface area (Å²) in [5.74, 6) is 6.79. The van der Waals surface area contributed by atoms with E-state index in [0.29, 0.717) is 16.7 Å². The van der Waals surface area contributed by atoms with Crippen molar-refractivity contribution < 1.29 is 17.9 Å². The highest BCUT2D eigenvalue weighted by molar-refractivity contribution is 7.98. The molecule has 0 aliphatic rings. The SMILES string of the molecule is Nn1c(SCc2ccc(OC(F)(F)F)cc2)nnc1-c1ccccc1. The number of nitrogens with two attached hydrogens (primary N) is 1. The van der Waals surface area contributed by atoms with Crippen molar-refractivity contribution in [1.29, 1.82) is 0 Å². The maximum Gasteiger partial charge on any atom is 0.573 e. The van der Waals surface area contributed by atoms with Crippen LogP contribution in [0, 0.1) is 0 Å². The van der Waals surface area contributed by atoms with Crippen molar-refractivity contribution in [2.75, 3.05) is 5.84 Å². The van der Waals surface area contributed by atoms with Gasteiger partial charge in [0, 0.05) is 11.3 Å². The fourth-order valence-corrected chi connectivity index (χ4v) is 2.91. The number of thioether (sulfide) groups is 1. The molecule has 0 saturated heterocycles. The van der Waals surface area contributed by atoms with Crippen LogP contribution in [0.2, 0.25) is 0 Å². The second-order valence-corrected chi connectivity index (χ2v) is 5.97. The molecule has 0 atom stereocenters. The molecule has 5 nitrogen and oxygen atoms in total. The van der Waals surface area contributed by atoms with Crippen molar-refractivity contribution >= 4 is 11.8 Å². The van der Waals surface area contributed by atoms with Crippen LogP contribution in [0.25, 0.3) is 11.4 Å². The van der Waals surface area contributed by atoms with Crippen LogP contribution >= 0.6 is 11.8 Å². The van der Waals surface area contributed by atoms with Crippen LogP contribution in [-0.2, 0) is 5.75 Å². The second-order valence-electron chi connectivity index (χ2n) is 5.02. The average Bonchev–Trinajstić information content (AvgIpc) is 2.94. The molecular weight excluding hydrogens is 353 g/mol. The maximum atomic E-state index is 12.1. The van der Waals surface area contributed by atoms with E-state index in [1.807, 2.05) is 30.3 Å². The Kier molecular flexibility index (Phi) is 4.84. The summed E-state index contributed by atoms with van der Waals surface area (Å²) in [6.45, 7) is 0. The van der Waals surface area contributed by atoms with E-state index in [0.717, 1.165) is 11.1 Å². The third-order valence-corrected chi connectivity index (χ3v) is 4.24. The Hall–Kier alpha value is -2.68. The normalized spacial score (nSPS) is 11.5. The van der Waals surface area contributed by atoms with Gasteiger partial charge in [-0.25, -0.2) is 4.68 Å². The summed E-state index contributed by atoms with van der Waals surface area (Å²) < 4.78 is 41.6. The van der Waals surface area contributed by atoms with Crippen molar-refractivity contribution in [3.05, 3.63) is 60.2 Å². The van der Waals surface area contributed by atoms with Crippen molar-refractivity contribution in [2.45, 2.75) is 17.3 Å². The van der Waals surface area contributed by atoms with Crippen molar-refractivity contribution in [2.24, 2.45) is 0 Å². The summed E-state index contributed by atoms with van der Waals surface area (Å²) >= 11 is 1.34. The van der Waals surface area contributed by atoms with E-state index >= 15 is 0 Å². The molecule has 3 aromatic rings.